The monoisotopic (exact) mass is 313 g/mol. The van der Waals surface area contributed by atoms with Crippen molar-refractivity contribution in [1.29, 1.82) is 0 Å². The van der Waals surface area contributed by atoms with Crippen LogP contribution in [0.25, 0.3) is 11.3 Å². The summed E-state index contributed by atoms with van der Waals surface area (Å²) in [5.74, 6) is 0.382. The molecule has 3 aromatic rings. The molecule has 1 nitrogen and oxygen atoms in total. The highest BCUT2D eigenvalue weighted by Gasteiger charge is 2.16. The molecule has 1 heteroatoms. The normalized spacial score (nSPS) is 14.9. The Hall–Kier alpha value is -2.41. The van der Waals surface area contributed by atoms with Crippen LogP contribution in [0, 0.1) is 0 Å². The fourth-order valence-electron chi connectivity index (χ4n) is 3.82. The molecule has 0 saturated carbocycles. The van der Waals surface area contributed by atoms with Gasteiger partial charge in [-0.05, 0) is 60.1 Å². The van der Waals surface area contributed by atoms with Crippen LogP contribution in [0.5, 0.6) is 0 Å². The molecule has 0 bridgehead atoms. The third-order valence-electron chi connectivity index (χ3n) is 5.26. The van der Waals surface area contributed by atoms with Gasteiger partial charge in [-0.3, -0.25) is 4.98 Å². The van der Waals surface area contributed by atoms with Crippen LogP contribution in [0.4, 0.5) is 0 Å². The van der Waals surface area contributed by atoms with E-state index in [0.29, 0.717) is 5.92 Å². The second-order valence-electron chi connectivity index (χ2n) is 6.76. The highest BCUT2D eigenvalue weighted by Crippen LogP contribution is 2.32. The number of nitrogens with zero attached hydrogens (tertiary/aromatic N) is 1. The van der Waals surface area contributed by atoms with Gasteiger partial charge >= 0.3 is 0 Å². The zero-order chi connectivity index (χ0) is 16.4. The van der Waals surface area contributed by atoms with E-state index in [1.807, 2.05) is 6.20 Å². The summed E-state index contributed by atoms with van der Waals surface area (Å²) >= 11 is 0. The van der Waals surface area contributed by atoms with Gasteiger partial charge in [0, 0.05) is 17.7 Å². The molecule has 120 valence electrons. The van der Waals surface area contributed by atoms with Gasteiger partial charge in [0.25, 0.3) is 0 Å². The molecule has 0 saturated heterocycles. The maximum absolute atomic E-state index is 4.69. The van der Waals surface area contributed by atoms with Crippen molar-refractivity contribution in [3.63, 3.8) is 0 Å². The molecule has 0 N–H and O–H groups in total. The van der Waals surface area contributed by atoms with Crippen molar-refractivity contribution in [3.05, 3.63) is 89.1 Å². The molecule has 0 amide bonds. The molecule has 1 aliphatic rings. The minimum absolute atomic E-state index is 0.382. The lowest BCUT2D eigenvalue weighted by atomic mass is 9.86. The van der Waals surface area contributed by atoms with Gasteiger partial charge in [0.15, 0.2) is 0 Å². The molecule has 1 aromatic heterocycles. The number of pyridine rings is 1. The van der Waals surface area contributed by atoms with E-state index in [0.717, 1.165) is 5.69 Å². The molecule has 0 spiro atoms. The van der Waals surface area contributed by atoms with Gasteiger partial charge in [0.2, 0.25) is 0 Å². The van der Waals surface area contributed by atoms with Gasteiger partial charge in [-0.25, -0.2) is 0 Å². The van der Waals surface area contributed by atoms with E-state index in [-0.39, 0.29) is 0 Å². The topological polar surface area (TPSA) is 12.9 Å². The van der Waals surface area contributed by atoms with E-state index in [4.69, 9.17) is 4.98 Å². The van der Waals surface area contributed by atoms with Crippen molar-refractivity contribution < 1.29 is 0 Å². The quantitative estimate of drug-likeness (QED) is 0.597. The Morgan fingerprint density at radius 2 is 1.67 bits per heavy atom. The predicted molar refractivity (Wildman–Crippen MR) is 100 cm³/mol. The minimum atomic E-state index is 0.382. The number of aryl methyl sites for hydroxylation is 1. The molecule has 0 radical (unpaired) electrons. The first kappa shape index (κ1) is 15.1. The van der Waals surface area contributed by atoms with Crippen LogP contribution >= 0.6 is 0 Å². The summed E-state index contributed by atoms with van der Waals surface area (Å²) in [6, 6.07) is 21.8. The van der Waals surface area contributed by atoms with Gasteiger partial charge in [-0.2, -0.15) is 0 Å². The van der Waals surface area contributed by atoms with Crippen LogP contribution in [0.2, 0.25) is 0 Å². The van der Waals surface area contributed by atoms with Crippen LogP contribution < -0.4 is 0 Å². The van der Waals surface area contributed by atoms with Crippen LogP contribution in [0.3, 0.4) is 0 Å². The Morgan fingerprint density at radius 3 is 2.54 bits per heavy atom. The van der Waals surface area contributed by atoms with Crippen molar-refractivity contribution in [2.75, 3.05) is 0 Å². The molecule has 1 aliphatic carbocycles. The van der Waals surface area contributed by atoms with Crippen molar-refractivity contribution in [2.45, 2.75) is 38.5 Å². The molecule has 2 aromatic carbocycles. The zero-order valence-electron chi connectivity index (χ0n) is 14.2. The fraction of sp³-hybridized carbons (Fsp3) is 0.261. The predicted octanol–water partition coefficient (Wildman–Crippen LogP) is 5.78. The van der Waals surface area contributed by atoms with Gasteiger partial charge in [-0.15, -0.1) is 0 Å². The summed E-state index contributed by atoms with van der Waals surface area (Å²) in [4.78, 5) is 4.69. The summed E-state index contributed by atoms with van der Waals surface area (Å²) in [7, 11) is 0. The lowest BCUT2D eigenvalue weighted by Gasteiger charge is -2.20. The standard InChI is InChI=1S/C23H23N/c1-17(18-8-3-2-4-9-18)20-14-15-24-23(16-20)22-13-7-11-19-10-5-6-12-21(19)22/h2-4,7-9,11,13-17H,5-6,10,12H2,1H3. The van der Waals surface area contributed by atoms with Gasteiger partial charge in [0.1, 0.15) is 0 Å². The van der Waals surface area contributed by atoms with Crippen LogP contribution in [-0.4, -0.2) is 4.98 Å². The first-order valence-electron chi connectivity index (χ1n) is 8.95. The lowest BCUT2D eigenvalue weighted by molar-refractivity contribution is 0.686. The largest absolute Gasteiger partial charge is 0.256 e. The average Bonchev–Trinajstić information content (AvgIpc) is 2.68. The average molecular weight is 313 g/mol. The zero-order valence-corrected chi connectivity index (χ0v) is 14.2. The second-order valence-corrected chi connectivity index (χ2v) is 6.76. The van der Waals surface area contributed by atoms with Crippen molar-refractivity contribution >= 4 is 0 Å². The molecule has 1 heterocycles. The number of hydrogen-bond acceptors (Lipinski definition) is 1. The first-order chi connectivity index (χ1) is 11.8. The Morgan fingerprint density at radius 1 is 0.833 bits per heavy atom. The van der Waals surface area contributed by atoms with E-state index in [1.165, 1.54) is 53.5 Å². The number of rotatable bonds is 3. The van der Waals surface area contributed by atoms with Crippen molar-refractivity contribution in [1.82, 2.24) is 4.98 Å². The number of benzene rings is 2. The Kier molecular flexibility index (Phi) is 4.17. The summed E-state index contributed by atoms with van der Waals surface area (Å²) in [6.45, 7) is 2.27. The third kappa shape index (κ3) is 2.87. The third-order valence-corrected chi connectivity index (χ3v) is 5.26. The maximum atomic E-state index is 4.69. The van der Waals surface area contributed by atoms with Crippen molar-refractivity contribution in [3.8, 4) is 11.3 Å². The lowest BCUT2D eigenvalue weighted by Crippen LogP contribution is -2.05. The Bertz CT molecular complexity index is 836. The highest BCUT2D eigenvalue weighted by molar-refractivity contribution is 5.66. The minimum Gasteiger partial charge on any atom is -0.256 e. The van der Waals surface area contributed by atoms with E-state index in [9.17, 15) is 0 Å². The summed E-state index contributed by atoms with van der Waals surface area (Å²) in [6.07, 6.45) is 6.97. The van der Waals surface area contributed by atoms with Crippen LogP contribution in [-0.2, 0) is 12.8 Å². The van der Waals surface area contributed by atoms with Crippen molar-refractivity contribution in [2.24, 2.45) is 0 Å². The summed E-state index contributed by atoms with van der Waals surface area (Å²) < 4.78 is 0. The van der Waals surface area contributed by atoms with Gasteiger partial charge in [0.05, 0.1) is 5.69 Å². The van der Waals surface area contributed by atoms with E-state index in [2.05, 4.69) is 67.6 Å². The SMILES string of the molecule is CC(c1ccccc1)c1ccnc(-c2cccc3c2CCCC3)c1. The molecule has 0 aliphatic heterocycles. The Balaban J connectivity index is 1.74. The molecule has 1 atom stereocenters. The maximum Gasteiger partial charge on any atom is 0.0707 e. The molecular weight excluding hydrogens is 290 g/mol. The van der Waals surface area contributed by atoms with Crippen LogP contribution in [0.15, 0.2) is 66.9 Å². The van der Waals surface area contributed by atoms with E-state index >= 15 is 0 Å². The highest BCUT2D eigenvalue weighted by atomic mass is 14.7. The number of fused-ring (bicyclic) bond motifs is 1. The van der Waals surface area contributed by atoms with E-state index in [1.54, 1.807) is 0 Å². The van der Waals surface area contributed by atoms with E-state index < -0.39 is 0 Å². The van der Waals surface area contributed by atoms with Crippen LogP contribution in [0.1, 0.15) is 47.9 Å². The van der Waals surface area contributed by atoms with Gasteiger partial charge in [-0.1, -0.05) is 55.5 Å². The molecule has 24 heavy (non-hydrogen) atoms. The first-order valence-corrected chi connectivity index (χ1v) is 8.95. The Labute approximate surface area is 144 Å². The number of aromatic nitrogens is 1. The second kappa shape index (κ2) is 6.60. The smallest absolute Gasteiger partial charge is 0.0707 e. The summed E-state index contributed by atoms with van der Waals surface area (Å²) in [5.41, 5.74) is 8.16. The molecule has 0 fully saturated rings. The molecule has 4 rings (SSSR count). The molecular formula is C23H23N. The van der Waals surface area contributed by atoms with Gasteiger partial charge < -0.3 is 0 Å². The fourth-order valence-corrected chi connectivity index (χ4v) is 3.82. The number of hydrogen-bond donors (Lipinski definition) is 0. The molecule has 1 unspecified atom stereocenters. The summed E-state index contributed by atoms with van der Waals surface area (Å²) in [5, 5.41) is 0.